The van der Waals surface area contributed by atoms with E-state index in [4.69, 9.17) is 9.40 Å². The molecule has 0 spiro atoms. The highest BCUT2D eigenvalue weighted by Gasteiger charge is 2.21. The summed E-state index contributed by atoms with van der Waals surface area (Å²) in [5, 5.41) is 3.56. The van der Waals surface area contributed by atoms with Gasteiger partial charge in [-0.05, 0) is 64.4 Å². The van der Waals surface area contributed by atoms with E-state index in [1.54, 1.807) is 6.26 Å². The minimum atomic E-state index is -0.0609. The van der Waals surface area contributed by atoms with Gasteiger partial charge in [0.2, 0.25) is 0 Å². The van der Waals surface area contributed by atoms with Crippen molar-refractivity contribution in [2.75, 3.05) is 5.32 Å². The molecule has 0 aromatic carbocycles. The van der Waals surface area contributed by atoms with Gasteiger partial charge < -0.3 is 9.73 Å². The van der Waals surface area contributed by atoms with Crippen LogP contribution in [0.2, 0.25) is 0 Å². The second-order valence-corrected chi connectivity index (χ2v) is 6.53. The zero-order valence-electron chi connectivity index (χ0n) is 13.2. The van der Waals surface area contributed by atoms with Gasteiger partial charge in [0.15, 0.2) is 5.76 Å². The Morgan fingerprint density at radius 2 is 1.95 bits per heavy atom. The number of anilines is 1. The van der Waals surface area contributed by atoms with Crippen LogP contribution in [0.5, 0.6) is 0 Å². The standard InChI is InChI=1S/C17H21N3O/c1-11-9-12(2)20-14(10-11)18-15(13-7-6-8-21-13)16(20)19-17(3,4)5/h6-10,19H,1-5H3. The molecule has 3 heterocycles. The summed E-state index contributed by atoms with van der Waals surface area (Å²) in [6.07, 6.45) is 1.68. The van der Waals surface area contributed by atoms with E-state index >= 15 is 0 Å². The van der Waals surface area contributed by atoms with E-state index in [1.165, 1.54) is 5.56 Å². The maximum absolute atomic E-state index is 5.56. The van der Waals surface area contributed by atoms with Crippen molar-refractivity contribution in [3.05, 3.63) is 41.8 Å². The number of rotatable bonds is 2. The number of fused-ring (bicyclic) bond motifs is 1. The predicted molar refractivity (Wildman–Crippen MR) is 85.7 cm³/mol. The smallest absolute Gasteiger partial charge is 0.156 e. The monoisotopic (exact) mass is 283 g/mol. The quantitative estimate of drug-likeness (QED) is 0.757. The van der Waals surface area contributed by atoms with E-state index in [-0.39, 0.29) is 5.54 Å². The third-order valence-electron chi connectivity index (χ3n) is 3.30. The molecule has 0 radical (unpaired) electrons. The Hall–Kier alpha value is -2.23. The highest BCUT2D eigenvalue weighted by Crippen LogP contribution is 2.32. The van der Waals surface area contributed by atoms with Crippen LogP contribution in [0, 0.1) is 13.8 Å². The van der Waals surface area contributed by atoms with E-state index in [0.29, 0.717) is 0 Å². The second kappa shape index (κ2) is 4.65. The molecule has 0 aliphatic rings. The van der Waals surface area contributed by atoms with Gasteiger partial charge in [-0.15, -0.1) is 0 Å². The summed E-state index contributed by atoms with van der Waals surface area (Å²) in [4.78, 5) is 4.77. The molecule has 0 atom stereocenters. The maximum atomic E-state index is 5.56. The Kier molecular flexibility index (Phi) is 3.04. The van der Waals surface area contributed by atoms with Crippen LogP contribution in [-0.2, 0) is 0 Å². The fourth-order valence-corrected chi connectivity index (χ4v) is 2.59. The third-order valence-corrected chi connectivity index (χ3v) is 3.30. The van der Waals surface area contributed by atoms with E-state index in [0.717, 1.165) is 28.6 Å². The molecule has 0 unspecified atom stereocenters. The van der Waals surface area contributed by atoms with Gasteiger partial charge in [0, 0.05) is 11.2 Å². The lowest BCUT2D eigenvalue weighted by Crippen LogP contribution is -2.27. The van der Waals surface area contributed by atoms with E-state index in [2.05, 4.69) is 56.5 Å². The van der Waals surface area contributed by atoms with Crippen LogP contribution in [0.3, 0.4) is 0 Å². The molecule has 0 saturated carbocycles. The highest BCUT2D eigenvalue weighted by atomic mass is 16.3. The zero-order valence-corrected chi connectivity index (χ0v) is 13.2. The summed E-state index contributed by atoms with van der Waals surface area (Å²) in [6.45, 7) is 10.6. The molecule has 3 aromatic heterocycles. The first kappa shape index (κ1) is 13.7. The predicted octanol–water partition coefficient (Wildman–Crippen LogP) is 4.42. The van der Waals surface area contributed by atoms with E-state index < -0.39 is 0 Å². The number of furan rings is 1. The number of aromatic nitrogens is 2. The first-order valence-electron chi connectivity index (χ1n) is 7.17. The molecule has 0 aliphatic carbocycles. The Labute approximate surface area is 124 Å². The average Bonchev–Trinajstić information content (AvgIpc) is 2.94. The van der Waals surface area contributed by atoms with Crippen molar-refractivity contribution in [2.45, 2.75) is 40.2 Å². The normalized spacial score (nSPS) is 12.0. The number of hydrogen-bond donors (Lipinski definition) is 1. The van der Waals surface area contributed by atoms with Gasteiger partial charge in [0.25, 0.3) is 0 Å². The molecule has 0 aliphatic heterocycles. The average molecular weight is 283 g/mol. The van der Waals surface area contributed by atoms with Crippen LogP contribution < -0.4 is 5.32 Å². The van der Waals surface area contributed by atoms with E-state index in [1.807, 2.05) is 12.1 Å². The Morgan fingerprint density at radius 1 is 1.19 bits per heavy atom. The van der Waals surface area contributed by atoms with Gasteiger partial charge in [0.1, 0.15) is 17.2 Å². The number of hydrogen-bond acceptors (Lipinski definition) is 3. The summed E-state index contributed by atoms with van der Waals surface area (Å²) in [7, 11) is 0. The molecule has 3 aromatic rings. The Morgan fingerprint density at radius 3 is 2.57 bits per heavy atom. The first-order chi connectivity index (χ1) is 9.85. The number of imidazole rings is 1. The molecule has 1 N–H and O–H groups in total. The van der Waals surface area contributed by atoms with Gasteiger partial charge in [-0.3, -0.25) is 4.40 Å². The fourth-order valence-electron chi connectivity index (χ4n) is 2.59. The molecular formula is C17H21N3O. The Balaban J connectivity index is 2.31. The number of pyridine rings is 1. The number of nitrogens with zero attached hydrogens (tertiary/aromatic N) is 2. The van der Waals surface area contributed by atoms with Crippen molar-refractivity contribution in [3.63, 3.8) is 0 Å². The molecule has 110 valence electrons. The van der Waals surface area contributed by atoms with Gasteiger partial charge in [-0.2, -0.15) is 0 Å². The molecule has 0 amide bonds. The lowest BCUT2D eigenvalue weighted by atomic mass is 10.1. The zero-order chi connectivity index (χ0) is 15.2. The van der Waals surface area contributed by atoms with Gasteiger partial charge in [-0.1, -0.05) is 0 Å². The lowest BCUT2D eigenvalue weighted by molar-refractivity contribution is 0.579. The molecule has 3 rings (SSSR count). The van der Waals surface area contributed by atoms with Crippen molar-refractivity contribution in [2.24, 2.45) is 0 Å². The van der Waals surface area contributed by atoms with Crippen molar-refractivity contribution in [1.29, 1.82) is 0 Å². The Bertz CT molecular complexity index is 777. The molecule has 21 heavy (non-hydrogen) atoms. The van der Waals surface area contributed by atoms with Crippen molar-refractivity contribution in [1.82, 2.24) is 9.38 Å². The topological polar surface area (TPSA) is 42.5 Å². The largest absolute Gasteiger partial charge is 0.463 e. The van der Waals surface area contributed by atoms with Crippen molar-refractivity contribution < 1.29 is 4.42 Å². The molecule has 0 saturated heterocycles. The summed E-state index contributed by atoms with van der Waals surface area (Å²) in [5.41, 5.74) is 4.09. The second-order valence-electron chi connectivity index (χ2n) is 6.53. The van der Waals surface area contributed by atoms with Gasteiger partial charge >= 0.3 is 0 Å². The molecule has 0 bridgehead atoms. The molecule has 4 nitrogen and oxygen atoms in total. The number of aryl methyl sites for hydroxylation is 2. The molecule has 0 fully saturated rings. The third kappa shape index (κ3) is 2.53. The number of nitrogens with one attached hydrogen (secondary N) is 1. The summed E-state index contributed by atoms with van der Waals surface area (Å²) < 4.78 is 7.71. The van der Waals surface area contributed by atoms with Crippen LogP contribution in [0.25, 0.3) is 17.1 Å². The lowest BCUT2D eigenvalue weighted by Gasteiger charge is -2.23. The van der Waals surface area contributed by atoms with Crippen LogP contribution in [0.1, 0.15) is 32.0 Å². The first-order valence-corrected chi connectivity index (χ1v) is 7.17. The summed E-state index contributed by atoms with van der Waals surface area (Å²) >= 11 is 0. The summed E-state index contributed by atoms with van der Waals surface area (Å²) in [6, 6.07) is 8.08. The van der Waals surface area contributed by atoms with E-state index in [9.17, 15) is 0 Å². The van der Waals surface area contributed by atoms with Gasteiger partial charge in [0.05, 0.1) is 6.26 Å². The fraction of sp³-hybridized carbons (Fsp3) is 0.353. The van der Waals surface area contributed by atoms with Crippen LogP contribution in [-0.4, -0.2) is 14.9 Å². The minimum absolute atomic E-state index is 0.0609. The highest BCUT2D eigenvalue weighted by molar-refractivity contribution is 5.74. The van der Waals surface area contributed by atoms with Gasteiger partial charge in [-0.25, -0.2) is 4.98 Å². The summed E-state index contributed by atoms with van der Waals surface area (Å²) in [5.74, 6) is 1.76. The van der Waals surface area contributed by atoms with Crippen LogP contribution >= 0.6 is 0 Å². The van der Waals surface area contributed by atoms with Crippen molar-refractivity contribution >= 4 is 11.5 Å². The molecular weight excluding hydrogens is 262 g/mol. The van der Waals surface area contributed by atoms with Crippen LogP contribution in [0.4, 0.5) is 5.82 Å². The molecule has 4 heteroatoms. The van der Waals surface area contributed by atoms with Crippen molar-refractivity contribution in [3.8, 4) is 11.5 Å². The maximum Gasteiger partial charge on any atom is 0.156 e. The SMILES string of the molecule is Cc1cc(C)n2c(NC(C)(C)C)c(-c3ccco3)nc2c1. The minimum Gasteiger partial charge on any atom is -0.463 e. The van der Waals surface area contributed by atoms with Crippen LogP contribution in [0.15, 0.2) is 34.9 Å².